The Morgan fingerprint density at radius 2 is 1.29 bits per heavy atom. The van der Waals surface area contributed by atoms with Gasteiger partial charge in [-0.15, -0.1) is 0 Å². The molecule has 1 atom stereocenters. The number of sulfonamides is 1. The molecule has 2 rings (SSSR count). The summed E-state index contributed by atoms with van der Waals surface area (Å²) in [6.07, 6.45) is -14.9. The van der Waals surface area contributed by atoms with E-state index in [1.54, 1.807) is 51.1 Å². The van der Waals surface area contributed by atoms with Crippen molar-refractivity contribution in [2.45, 2.75) is 89.4 Å². The Kier molecular flexibility index (Phi) is 11.5. The van der Waals surface area contributed by atoms with Gasteiger partial charge in [0.1, 0.15) is 17.2 Å². The van der Waals surface area contributed by atoms with Crippen molar-refractivity contribution in [3.05, 3.63) is 60.2 Å². The van der Waals surface area contributed by atoms with Crippen molar-refractivity contribution in [1.29, 1.82) is 0 Å². The zero-order chi connectivity index (χ0) is 34.5. The first-order chi connectivity index (χ1) is 20.4. The van der Waals surface area contributed by atoms with Gasteiger partial charge in [-0.2, -0.15) is 30.7 Å². The fourth-order valence-electron chi connectivity index (χ4n) is 4.13. The standard InChI is InChI=1S/C30H36F6N2O6S/c1-26(2,3)43-24(39)23(38-25(40)44-27(4,5)6)16-18-37-45(41,42)19-17-28(29(31,32)33,30(34,35)36)22-14-12-21(13-15-22)20-10-8-7-9-11-20/h7-15,18,23H,16-17,19H2,1-6H3,(H,38,40)/t23-/m0/s1. The zero-order valence-corrected chi connectivity index (χ0v) is 26.4. The van der Waals surface area contributed by atoms with E-state index < -0.39 is 81.3 Å². The van der Waals surface area contributed by atoms with Crippen molar-refractivity contribution in [1.82, 2.24) is 5.32 Å². The SMILES string of the molecule is CC(C)(C)OC(=O)N[C@@H](CC=NS(=O)(=O)CCC(c1ccc(-c2ccccc2)cc1)(C(F)(F)F)C(F)(F)F)C(=O)OC(C)(C)C. The summed E-state index contributed by atoms with van der Waals surface area (Å²) in [5.74, 6) is -2.65. The smallest absolute Gasteiger partial charge is 0.408 e. The van der Waals surface area contributed by atoms with Crippen LogP contribution in [0, 0.1) is 0 Å². The number of alkyl halides is 6. The highest BCUT2D eigenvalue weighted by Crippen LogP contribution is 2.54. The van der Waals surface area contributed by atoms with Crippen LogP contribution in [0.1, 0.15) is 59.9 Å². The second-order valence-corrected chi connectivity index (χ2v) is 13.9. The molecule has 0 unspecified atom stereocenters. The van der Waals surface area contributed by atoms with Gasteiger partial charge in [0.25, 0.3) is 10.0 Å². The Bertz CT molecular complexity index is 1430. The molecule has 2 aromatic rings. The van der Waals surface area contributed by atoms with Crippen molar-refractivity contribution >= 4 is 28.3 Å². The van der Waals surface area contributed by atoms with Crippen LogP contribution in [0.4, 0.5) is 31.1 Å². The van der Waals surface area contributed by atoms with Crippen molar-refractivity contribution in [2.75, 3.05) is 5.75 Å². The number of hydrogen-bond acceptors (Lipinski definition) is 6. The lowest BCUT2D eigenvalue weighted by atomic mass is 9.76. The van der Waals surface area contributed by atoms with E-state index >= 15 is 0 Å². The van der Waals surface area contributed by atoms with Crippen molar-refractivity contribution in [3.8, 4) is 11.1 Å². The average molecular weight is 667 g/mol. The van der Waals surface area contributed by atoms with E-state index in [1.165, 1.54) is 20.8 Å². The van der Waals surface area contributed by atoms with Gasteiger partial charge in [-0.05, 0) is 64.7 Å². The Morgan fingerprint density at radius 1 is 0.800 bits per heavy atom. The summed E-state index contributed by atoms with van der Waals surface area (Å²) in [7, 11) is -4.93. The van der Waals surface area contributed by atoms with Crippen LogP contribution in [0.25, 0.3) is 11.1 Å². The van der Waals surface area contributed by atoms with E-state index in [9.17, 15) is 44.3 Å². The molecule has 0 aliphatic heterocycles. The summed E-state index contributed by atoms with van der Waals surface area (Å²) in [6, 6.07) is 10.2. The zero-order valence-electron chi connectivity index (χ0n) is 25.5. The maximum absolute atomic E-state index is 14.3. The molecule has 8 nitrogen and oxygen atoms in total. The molecule has 0 aliphatic rings. The molecule has 0 heterocycles. The Labute approximate surface area is 258 Å². The molecular formula is C30H36F6N2O6S. The molecule has 45 heavy (non-hydrogen) atoms. The molecule has 0 aromatic heterocycles. The number of carbonyl (C=O) groups is 2. The molecule has 0 fully saturated rings. The van der Waals surface area contributed by atoms with Gasteiger partial charge >= 0.3 is 24.4 Å². The minimum Gasteiger partial charge on any atom is -0.458 e. The normalized spacial score (nSPS) is 14.2. The van der Waals surface area contributed by atoms with Gasteiger partial charge in [0.15, 0.2) is 5.41 Å². The first kappa shape index (κ1) is 37.6. The predicted molar refractivity (Wildman–Crippen MR) is 156 cm³/mol. The third-order valence-corrected chi connectivity index (χ3v) is 7.34. The van der Waals surface area contributed by atoms with Crippen LogP contribution in [0.2, 0.25) is 0 Å². The van der Waals surface area contributed by atoms with Gasteiger partial charge in [-0.25, -0.2) is 18.0 Å². The lowest BCUT2D eigenvalue weighted by Crippen LogP contribution is -2.54. The fourth-order valence-corrected chi connectivity index (χ4v) is 5.11. The van der Waals surface area contributed by atoms with Crippen LogP contribution >= 0.6 is 0 Å². The lowest BCUT2D eigenvalue weighted by Gasteiger charge is -2.37. The second kappa shape index (κ2) is 13.8. The van der Waals surface area contributed by atoms with Crippen LogP contribution in [-0.2, 0) is 29.7 Å². The lowest BCUT2D eigenvalue weighted by molar-refractivity contribution is -0.304. The van der Waals surface area contributed by atoms with E-state index in [1.807, 2.05) is 0 Å². The van der Waals surface area contributed by atoms with Crippen LogP contribution in [-0.4, -0.2) is 62.0 Å². The Balaban J connectivity index is 2.35. The summed E-state index contributed by atoms with van der Waals surface area (Å²) in [4.78, 5) is 24.8. The van der Waals surface area contributed by atoms with Gasteiger partial charge < -0.3 is 14.8 Å². The van der Waals surface area contributed by atoms with E-state index in [0.717, 1.165) is 12.1 Å². The quantitative estimate of drug-likeness (QED) is 0.164. The van der Waals surface area contributed by atoms with Crippen LogP contribution in [0.15, 0.2) is 59.0 Å². The summed E-state index contributed by atoms with van der Waals surface area (Å²) in [5.41, 5.74) is -6.80. The van der Waals surface area contributed by atoms with Gasteiger partial charge in [-0.1, -0.05) is 54.6 Å². The first-order valence-electron chi connectivity index (χ1n) is 13.7. The first-order valence-corrected chi connectivity index (χ1v) is 15.3. The molecule has 2 aromatic carbocycles. The number of hydrogen-bond donors (Lipinski definition) is 1. The molecule has 0 saturated carbocycles. The van der Waals surface area contributed by atoms with Gasteiger partial charge in [0, 0.05) is 12.6 Å². The highest BCUT2D eigenvalue weighted by atomic mass is 32.2. The number of nitrogens with zero attached hydrogens (tertiary/aromatic N) is 1. The topological polar surface area (TPSA) is 111 Å². The highest BCUT2D eigenvalue weighted by Gasteiger charge is 2.71. The monoisotopic (exact) mass is 666 g/mol. The Hall–Kier alpha value is -3.62. The number of rotatable bonds is 10. The predicted octanol–water partition coefficient (Wildman–Crippen LogP) is 7.13. The number of nitrogens with one attached hydrogen (secondary N) is 1. The molecule has 0 bridgehead atoms. The van der Waals surface area contributed by atoms with E-state index in [0.29, 0.717) is 29.5 Å². The Morgan fingerprint density at radius 3 is 1.76 bits per heavy atom. The largest absolute Gasteiger partial charge is 0.458 e. The molecule has 1 N–H and O–H groups in total. The summed E-state index contributed by atoms with van der Waals surface area (Å²) in [6.45, 7) is 9.21. The van der Waals surface area contributed by atoms with E-state index in [-0.39, 0.29) is 0 Å². The minimum absolute atomic E-state index is 0.356. The van der Waals surface area contributed by atoms with Crippen molar-refractivity contribution in [2.24, 2.45) is 4.40 Å². The maximum Gasteiger partial charge on any atom is 0.408 e. The number of amides is 1. The number of esters is 1. The molecule has 1 amide bonds. The van der Waals surface area contributed by atoms with E-state index in [4.69, 9.17) is 9.47 Å². The molecule has 250 valence electrons. The third kappa shape index (κ3) is 10.8. The summed E-state index contributed by atoms with van der Waals surface area (Å²) >= 11 is 0. The number of halogens is 6. The molecular weight excluding hydrogens is 630 g/mol. The number of benzene rings is 2. The molecule has 0 aliphatic carbocycles. The third-order valence-electron chi connectivity index (χ3n) is 6.15. The van der Waals surface area contributed by atoms with Gasteiger partial charge in [-0.3, -0.25) is 0 Å². The van der Waals surface area contributed by atoms with Crippen LogP contribution in [0.3, 0.4) is 0 Å². The molecule has 15 heteroatoms. The fraction of sp³-hybridized carbons (Fsp3) is 0.500. The molecule has 0 saturated heterocycles. The summed E-state index contributed by atoms with van der Waals surface area (Å²) < 4.78 is 125. The van der Waals surface area contributed by atoms with E-state index in [2.05, 4.69) is 9.71 Å². The second-order valence-electron chi connectivity index (χ2n) is 12.1. The van der Waals surface area contributed by atoms with Crippen molar-refractivity contribution < 1.29 is 53.8 Å². The van der Waals surface area contributed by atoms with Crippen LogP contribution < -0.4 is 5.32 Å². The maximum atomic E-state index is 14.3. The number of alkyl carbamates (subject to hydrolysis) is 1. The molecule has 0 radical (unpaired) electrons. The van der Waals surface area contributed by atoms with Gasteiger partial charge in [0.05, 0.1) is 5.75 Å². The highest BCUT2D eigenvalue weighted by molar-refractivity contribution is 7.90. The van der Waals surface area contributed by atoms with Crippen molar-refractivity contribution in [3.63, 3.8) is 0 Å². The van der Waals surface area contributed by atoms with Crippen LogP contribution in [0.5, 0.6) is 0 Å². The van der Waals surface area contributed by atoms with Gasteiger partial charge in [0.2, 0.25) is 0 Å². The molecule has 0 spiro atoms. The average Bonchev–Trinajstić information content (AvgIpc) is 2.85. The number of ether oxygens (including phenoxy) is 2. The number of carbonyl (C=O) groups excluding carboxylic acids is 2. The minimum atomic E-state index is -5.93. The summed E-state index contributed by atoms with van der Waals surface area (Å²) in [5, 5.41) is 2.20.